The number of likely N-dealkylation sites (tertiary alicyclic amines) is 1. The number of ether oxygens (including phenoxy) is 1. The van der Waals surface area contributed by atoms with Crippen molar-refractivity contribution in [2.75, 3.05) is 32.5 Å². The number of halogens is 1. The molecule has 0 radical (unpaired) electrons. The average Bonchev–Trinajstić information content (AvgIpc) is 3.34. The number of pyridine rings is 1. The van der Waals surface area contributed by atoms with Crippen LogP contribution >= 0.6 is 34.7 Å². The summed E-state index contributed by atoms with van der Waals surface area (Å²) in [4.78, 5) is 18.8. The number of carboxylic acids is 1. The van der Waals surface area contributed by atoms with Gasteiger partial charge in [-0.15, -0.1) is 23.1 Å². The first-order chi connectivity index (χ1) is 16.0. The molecule has 8 heteroatoms. The second-order valence-corrected chi connectivity index (χ2v) is 11.2. The predicted molar refractivity (Wildman–Crippen MR) is 137 cm³/mol. The van der Waals surface area contributed by atoms with Crippen molar-refractivity contribution in [3.63, 3.8) is 0 Å². The van der Waals surface area contributed by atoms with Gasteiger partial charge >= 0.3 is 5.97 Å². The summed E-state index contributed by atoms with van der Waals surface area (Å²) in [6, 6.07) is 10.0. The van der Waals surface area contributed by atoms with E-state index in [4.69, 9.17) is 16.3 Å². The Hall–Kier alpha value is -1.80. The lowest BCUT2D eigenvalue weighted by atomic mass is 9.81. The van der Waals surface area contributed by atoms with Gasteiger partial charge in [0.25, 0.3) is 0 Å². The van der Waals surface area contributed by atoms with E-state index in [0.717, 1.165) is 66.7 Å². The lowest BCUT2D eigenvalue weighted by Crippen LogP contribution is -2.44. The fourth-order valence-corrected chi connectivity index (χ4v) is 6.75. The fraction of sp³-hybridized carbons (Fsp3) is 0.440. The van der Waals surface area contributed by atoms with E-state index in [1.807, 2.05) is 30.0 Å². The summed E-state index contributed by atoms with van der Waals surface area (Å²) < 4.78 is 6.69. The van der Waals surface area contributed by atoms with Crippen molar-refractivity contribution in [2.45, 2.75) is 29.9 Å². The van der Waals surface area contributed by atoms with Gasteiger partial charge in [0, 0.05) is 30.4 Å². The maximum atomic E-state index is 12.0. The highest BCUT2D eigenvalue weighted by Gasteiger charge is 2.33. The summed E-state index contributed by atoms with van der Waals surface area (Å²) in [5.74, 6) is 0.991. The van der Waals surface area contributed by atoms with E-state index in [9.17, 15) is 9.90 Å². The molecule has 3 aromatic rings. The van der Waals surface area contributed by atoms with Crippen LogP contribution in [-0.4, -0.2) is 53.5 Å². The smallest absolute Gasteiger partial charge is 0.308 e. The van der Waals surface area contributed by atoms with Crippen LogP contribution in [0.2, 0.25) is 5.02 Å². The Morgan fingerprint density at radius 2 is 2.27 bits per heavy atom. The summed E-state index contributed by atoms with van der Waals surface area (Å²) in [7, 11) is 1.65. The zero-order valence-electron chi connectivity index (χ0n) is 18.7. The number of thiophene rings is 1. The molecule has 0 amide bonds. The molecule has 1 N–H and O–H groups in total. The van der Waals surface area contributed by atoms with Crippen molar-refractivity contribution < 1.29 is 14.6 Å². The molecule has 1 aliphatic rings. The van der Waals surface area contributed by atoms with Gasteiger partial charge in [-0.1, -0.05) is 17.7 Å². The average molecular weight is 505 g/mol. The minimum atomic E-state index is -0.673. The molecule has 176 valence electrons. The van der Waals surface area contributed by atoms with Gasteiger partial charge in [0.15, 0.2) is 0 Å². The standard InChI is InChI=1S/C25H29ClN2O3S2/c1-31-18-7-8-23-20(14-18)19(22(26)15-27-23)5-2-4-17-9-10-28(16-21(17)25(29)30)11-13-33-24-6-3-12-32-24/h3,6-8,12,14-15,17,21H,2,4-5,9-11,13,16H2,1H3,(H,29,30)/t17-,21+/m0/s1. The van der Waals surface area contributed by atoms with E-state index in [-0.39, 0.29) is 11.8 Å². The van der Waals surface area contributed by atoms with Crippen LogP contribution in [0, 0.1) is 11.8 Å². The van der Waals surface area contributed by atoms with Gasteiger partial charge in [-0.05, 0) is 73.4 Å². The Labute approximate surface area is 208 Å². The number of benzene rings is 1. The number of rotatable bonds is 10. The molecular weight excluding hydrogens is 476 g/mol. The number of aliphatic carboxylic acids is 1. The van der Waals surface area contributed by atoms with Crippen LogP contribution in [0.5, 0.6) is 5.75 Å². The van der Waals surface area contributed by atoms with Crippen molar-refractivity contribution in [1.29, 1.82) is 0 Å². The Morgan fingerprint density at radius 1 is 1.39 bits per heavy atom. The van der Waals surface area contributed by atoms with Crippen molar-refractivity contribution in [1.82, 2.24) is 9.88 Å². The highest BCUT2D eigenvalue weighted by Crippen LogP contribution is 2.32. The first-order valence-electron chi connectivity index (χ1n) is 11.3. The molecule has 1 aromatic carbocycles. The first kappa shape index (κ1) is 24.3. The minimum absolute atomic E-state index is 0.199. The fourth-order valence-electron chi connectivity index (χ4n) is 4.64. The number of carboxylic acid groups (broad SMARTS) is 1. The number of nitrogens with zero attached hydrogens (tertiary/aromatic N) is 2. The summed E-state index contributed by atoms with van der Waals surface area (Å²) in [5.41, 5.74) is 1.96. The predicted octanol–water partition coefficient (Wildman–Crippen LogP) is 6.10. The summed E-state index contributed by atoms with van der Waals surface area (Å²) in [5, 5.41) is 13.6. The quantitative estimate of drug-likeness (QED) is 0.337. The molecule has 4 rings (SSSR count). The van der Waals surface area contributed by atoms with Crippen molar-refractivity contribution in [2.24, 2.45) is 11.8 Å². The molecule has 1 fully saturated rings. The largest absolute Gasteiger partial charge is 0.497 e. The minimum Gasteiger partial charge on any atom is -0.497 e. The second-order valence-electron chi connectivity index (χ2n) is 8.43. The molecule has 5 nitrogen and oxygen atoms in total. The number of carbonyl (C=O) groups is 1. The van der Waals surface area contributed by atoms with Crippen LogP contribution in [0.4, 0.5) is 0 Å². The van der Waals surface area contributed by atoms with E-state index in [1.54, 1.807) is 24.6 Å². The molecule has 0 unspecified atom stereocenters. The van der Waals surface area contributed by atoms with E-state index in [2.05, 4.69) is 27.4 Å². The zero-order chi connectivity index (χ0) is 23.2. The van der Waals surface area contributed by atoms with Crippen molar-refractivity contribution >= 4 is 51.6 Å². The Balaban J connectivity index is 1.33. The lowest BCUT2D eigenvalue weighted by molar-refractivity contribution is -0.146. The van der Waals surface area contributed by atoms with Crippen molar-refractivity contribution in [3.05, 3.63) is 52.5 Å². The highest BCUT2D eigenvalue weighted by atomic mass is 35.5. The van der Waals surface area contributed by atoms with Gasteiger partial charge in [0.2, 0.25) is 0 Å². The maximum Gasteiger partial charge on any atom is 0.308 e. The molecule has 33 heavy (non-hydrogen) atoms. The molecule has 2 aromatic heterocycles. The van der Waals surface area contributed by atoms with Crippen molar-refractivity contribution in [3.8, 4) is 5.75 Å². The SMILES string of the molecule is COc1ccc2ncc(Cl)c(CCC[C@H]3CCN(CCSc4cccs4)C[C@H]3C(=O)O)c2c1. The number of piperidine rings is 1. The number of aromatic nitrogens is 1. The van der Waals surface area contributed by atoms with E-state index < -0.39 is 5.97 Å². The number of fused-ring (bicyclic) bond motifs is 1. The molecule has 1 saturated heterocycles. The lowest BCUT2D eigenvalue weighted by Gasteiger charge is -2.36. The first-order valence-corrected chi connectivity index (χ1v) is 13.5. The van der Waals surface area contributed by atoms with E-state index in [0.29, 0.717) is 11.6 Å². The molecule has 0 spiro atoms. The van der Waals surface area contributed by atoms with Gasteiger partial charge in [0.05, 0.1) is 27.8 Å². The summed E-state index contributed by atoms with van der Waals surface area (Å²) in [6.07, 6.45) is 5.23. The number of hydrogen-bond acceptors (Lipinski definition) is 6. The van der Waals surface area contributed by atoms with Crippen LogP contribution in [0.3, 0.4) is 0 Å². The van der Waals surface area contributed by atoms with Gasteiger partial charge < -0.3 is 14.7 Å². The monoisotopic (exact) mass is 504 g/mol. The topological polar surface area (TPSA) is 62.7 Å². The van der Waals surface area contributed by atoms with Gasteiger partial charge in [-0.25, -0.2) is 0 Å². The molecule has 0 bridgehead atoms. The Morgan fingerprint density at radius 3 is 3.03 bits per heavy atom. The molecule has 0 saturated carbocycles. The third-order valence-corrected chi connectivity index (χ3v) is 8.88. The van der Waals surface area contributed by atoms with Gasteiger partial charge in [-0.3, -0.25) is 9.78 Å². The zero-order valence-corrected chi connectivity index (χ0v) is 21.1. The van der Waals surface area contributed by atoms with Crippen LogP contribution in [0.25, 0.3) is 10.9 Å². The summed E-state index contributed by atoms with van der Waals surface area (Å²) >= 11 is 10.1. The summed E-state index contributed by atoms with van der Waals surface area (Å²) in [6.45, 7) is 2.54. The van der Waals surface area contributed by atoms with Crippen LogP contribution in [0.1, 0.15) is 24.8 Å². The maximum absolute atomic E-state index is 12.0. The van der Waals surface area contributed by atoms with Crippen LogP contribution < -0.4 is 4.74 Å². The van der Waals surface area contributed by atoms with Gasteiger partial charge in [0.1, 0.15) is 5.75 Å². The molecule has 3 heterocycles. The van der Waals surface area contributed by atoms with Crippen LogP contribution in [-0.2, 0) is 11.2 Å². The highest BCUT2D eigenvalue weighted by molar-refractivity contribution is 8.01. The van der Waals surface area contributed by atoms with E-state index >= 15 is 0 Å². The third-order valence-electron chi connectivity index (χ3n) is 6.44. The molecule has 2 atom stereocenters. The van der Waals surface area contributed by atoms with Crippen LogP contribution in [0.15, 0.2) is 46.1 Å². The van der Waals surface area contributed by atoms with E-state index in [1.165, 1.54) is 4.21 Å². The Bertz CT molecular complexity index is 1080. The normalized spacial score (nSPS) is 19.1. The molecule has 1 aliphatic heterocycles. The number of thioether (sulfide) groups is 1. The number of hydrogen-bond donors (Lipinski definition) is 1. The molecular formula is C25H29ClN2O3S2. The second kappa shape index (κ2) is 11.6. The Kier molecular flexibility index (Phi) is 8.52. The van der Waals surface area contributed by atoms with Gasteiger partial charge in [-0.2, -0.15) is 0 Å². The number of aryl methyl sites for hydroxylation is 1. The molecule has 0 aliphatic carbocycles. The number of methoxy groups -OCH3 is 1. The third kappa shape index (κ3) is 6.21.